The van der Waals surface area contributed by atoms with Crippen LogP contribution in [0.2, 0.25) is 10.0 Å². The Morgan fingerprint density at radius 1 is 1.06 bits per heavy atom. The average molecular weight is 517 g/mol. The molecule has 1 heterocycles. The monoisotopic (exact) mass is 516 g/mol. The van der Waals surface area contributed by atoms with Crippen LogP contribution in [-0.2, 0) is 14.6 Å². The maximum atomic E-state index is 14.1. The molecule has 0 saturated heterocycles. The molecule has 0 saturated carbocycles. The van der Waals surface area contributed by atoms with Gasteiger partial charge in [0.2, 0.25) is 0 Å². The van der Waals surface area contributed by atoms with E-state index in [1.807, 2.05) is 0 Å². The molecule has 0 atom stereocenters. The van der Waals surface area contributed by atoms with Crippen molar-refractivity contribution in [2.45, 2.75) is 43.8 Å². The number of aromatic nitrogens is 1. The zero-order valence-electron chi connectivity index (χ0n) is 17.7. The number of rotatable bonds is 7. The van der Waals surface area contributed by atoms with Crippen LogP contribution >= 0.6 is 30.8 Å². The van der Waals surface area contributed by atoms with E-state index in [4.69, 9.17) is 23.2 Å². The fourth-order valence-corrected chi connectivity index (χ4v) is 8.29. The largest absolute Gasteiger partial charge is 0.351 e. The van der Waals surface area contributed by atoms with Crippen LogP contribution in [0, 0.1) is 6.92 Å². The van der Waals surface area contributed by atoms with Gasteiger partial charge in [0, 0.05) is 21.6 Å². The van der Waals surface area contributed by atoms with E-state index >= 15 is 0 Å². The fourth-order valence-electron chi connectivity index (χ4n) is 3.89. The summed E-state index contributed by atoms with van der Waals surface area (Å²) >= 11 is 12.1. The SMILES string of the molecule is CCC(CC)(N(c1c(C)ccc2cccnc12)S(=O)(=O)c1cc(Cl)cc(Cl)c1)P(=O)(O)O. The maximum Gasteiger partial charge on any atom is 0.351 e. The molecule has 0 amide bonds. The number of halogens is 2. The van der Waals surface area contributed by atoms with E-state index in [1.54, 1.807) is 45.0 Å². The second-order valence-electron chi connectivity index (χ2n) is 7.41. The molecule has 2 N–H and O–H groups in total. The van der Waals surface area contributed by atoms with Gasteiger partial charge in [-0.2, -0.15) is 0 Å². The van der Waals surface area contributed by atoms with Crippen LogP contribution in [0.3, 0.4) is 0 Å². The van der Waals surface area contributed by atoms with E-state index in [0.717, 1.165) is 4.31 Å². The van der Waals surface area contributed by atoms with Gasteiger partial charge in [-0.1, -0.05) is 55.2 Å². The molecule has 2 aromatic carbocycles. The Morgan fingerprint density at radius 3 is 2.19 bits per heavy atom. The van der Waals surface area contributed by atoms with E-state index in [-0.39, 0.29) is 33.5 Å². The van der Waals surface area contributed by atoms with E-state index < -0.39 is 22.9 Å². The van der Waals surface area contributed by atoms with Crippen LogP contribution in [0.15, 0.2) is 53.6 Å². The molecule has 32 heavy (non-hydrogen) atoms. The van der Waals surface area contributed by atoms with Crippen molar-refractivity contribution in [2.24, 2.45) is 0 Å². The minimum atomic E-state index is -5.01. The molecule has 0 unspecified atom stereocenters. The van der Waals surface area contributed by atoms with Gasteiger partial charge in [0.1, 0.15) is 0 Å². The molecule has 3 aromatic rings. The molecular formula is C21H23Cl2N2O5PS. The van der Waals surface area contributed by atoms with Crippen LogP contribution < -0.4 is 4.31 Å². The van der Waals surface area contributed by atoms with Crippen LogP contribution in [0.4, 0.5) is 5.69 Å². The van der Waals surface area contributed by atoms with Crippen molar-refractivity contribution in [1.82, 2.24) is 4.98 Å². The second-order valence-corrected chi connectivity index (χ2v) is 12.0. The van der Waals surface area contributed by atoms with Gasteiger partial charge in [0.05, 0.1) is 16.1 Å². The third-order valence-corrected chi connectivity index (χ3v) is 9.91. The van der Waals surface area contributed by atoms with Gasteiger partial charge >= 0.3 is 7.60 Å². The lowest BCUT2D eigenvalue weighted by molar-refractivity contribution is 0.317. The summed E-state index contributed by atoms with van der Waals surface area (Å²) in [6.07, 6.45) is 1.21. The first-order valence-corrected chi connectivity index (χ1v) is 13.6. The normalized spacial score (nSPS) is 12.8. The predicted molar refractivity (Wildman–Crippen MR) is 128 cm³/mol. The summed E-state index contributed by atoms with van der Waals surface area (Å²) in [5.41, 5.74) is 0.905. The third kappa shape index (κ3) is 4.16. The second kappa shape index (κ2) is 8.93. The maximum absolute atomic E-state index is 14.1. The lowest BCUT2D eigenvalue weighted by Crippen LogP contribution is -2.51. The summed E-state index contributed by atoms with van der Waals surface area (Å²) in [7, 11) is -9.56. The molecule has 1 aromatic heterocycles. The zero-order chi connectivity index (χ0) is 23.9. The molecule has 0 aliphatic rings. The lowest BCUT2D eigenvalue weighted by Gasteiger charge is -2.44. The Balaban J connectivity index is 2.52. The van der Waals surface area contributed by atoms with Crippen LogP contribution in [0.5, 0.6) is 0 Å². The number of fused-ring (bicyclic) bond motifs is 1. The molecule has 3 rings (SSSR count). The van der Waals surface area contributed by atoms with Crippen molar-refractivity contribution in [2.75, 3.05) is 4.31 Å². The van der Waals surface area contributed by atoms with E-state index in [0.29, 0.717) is 16.5 Å². The minimum Gasteiger partial charge on any atom is -0.323 e. The van der Waals surface area contributed by atoms with Crippen LogP contribution in [0.25, 0.3) is 10.9 Å². The van der Waals surface area contributed by atoms with E-state index in [9.17, 15) is 22.8 Å². The van der Waals surface area contributed by atoms with Crippen molar-refractivity contribution < 1.29 is 22.8 Å². The van der Waals surface area contributed by atoms with Crippen molar-refractivity contribution in [1.29, 1.82) is 0 Å². The molecular weight excluding hydrogens is 494 g/mol. The first-order valence-electron chi connectivity index (χ1n) is 9.80. The first kappa shape index (κ1) is 25.0. The lowest BCUT2D eigenvalue weighted by atomic mass is 10.1. The highest BCUT2D eigenvalue weighted by atomic mass is 35.5. The number of nitrogens with zero attached hydrogens (tertiary/aromatic N) is 2. The molecule has 0 bridgehead atoms. The molecule has 11 heteroatoms. The predicted octanol–water partition coefficient (Wildman–Crippen LogP) is 5.74. The number of sulfonamides is 1. The highest BCUT2D eigenvalue weighted by Gasteiger charge is 2.54. The van der Waals surface area contributed by atoms with Gasteiger partial charge in [-0.05, 0) is 49.6 Å². The molecule has 0 fully saturated rings. The number of benzene rings is 2. The average Bonchev–Trinajstić information content (AvgIpc) is 2.71. The number of aryl methyl sites for hydroxylation is 1. The van der Waals surface area contributed by atoms with E-state index in [1.165, 1.54) is 24.4 Å². The van der Waals surface area contributed by atoms with Gasteiger partial charge in [-0.15, -0.1) is 0 Å². The van der Waals surface area contributed by atoms with Crippen molar-refractivity contribution in [3.8, 4) is 0 Å². The molecule has 0 radical (unpaired) electrons. The topological polar surface area (TPSA) is 108 Å². The molecule has 0 aliphatic heterocycles. The van der Waals surface area contributed by atoms with Gasteiger partial charge in [-0.3, -0.25) is 9.55 Å². The Kier molecular flexibility index (Phi) is 6.97. The minimum absolute atomic E-state index is 0.0820. The Labute approximate surface area is 197 Å². The van der Waals surface area contributed by atoms with Gasteiger partial charge in [0.15, 0.2) is 5.28 Å². The van der Waals surface area contributed by atoms with E-state index in [2.05, 4.69) is 4.98 Å². The van der Waals surface area contributed by atoms with Crippen LogP contribution in [-0.4, -0.2) is 28.5 Å². The molecule has 7 nitrogen and oxygen atoms in total. The Hall–Kier alpha value is -1.67. The summed E-state index contributed by atoms with van der Waals surface area (Å²) in [6, 6.07) is 10.7. The number of anilines is 1. The molecule has 172 valence electrons. The molecule has 0 spiro atoms. The van der Waals surface area contributed by atoms with Crippen molar-refractivity contribution in [3.05, 3.63) is 64.3 Å². The van der Waals surface area contributed by atoms with Crippen LogP contribution in [0.1, 0.15) is 32.3 Å². The number of hydrogen-bond donors (Lipinski definition) is 2. The van der Waals surface area contributed by atoms with Gasteiger partial charge in [0.25, 0.3) is 10.0 Å². The highest BCUT2D eigenvalue weighted by molar-refractivity contribution is 7.93. The number of pyridine rings is 1. The summed E-state index contributed by atoms with van der Waals surface area (Å²) in [5, 5.41) is -1.27. The summed E-state index contributed by atoms with van der Waals surface area (Å²) < 4.78 is 41.9. The van der Waals surface area contributed by atoms with Crippen molar-refractivity contribution in [3.63, 3.8) is 0 Å². The molecule has 0 aliphatic carbocycles. The quantitative estimate of drug-likeness (QED) is 0.387. The number of hydrogen-bond acceptors (Lipinski definition) is 4. The fraction of sp³-hybridized carbons (Fsp3) is 0.286. The van der Waals surface area contributed by atoms with Gasteiger partial charge < -0.3 is 9.79 Å². The standard InChI is InChI=1S/C21H23Cl2N2O5PS/c1-4-21(5-2,31(26,27)28)25(32(29,30)18-12-16(22)11-17(23)13-18)20-14(3)8-9-15-7-6-10-24-19(15)20/h6-13H,4-5H2,1-3H3,(H2,26,27,28). The Morgan fingerprint density at radius 2 is 1.66 bits per heavy atom. The summed E-state index contributed by atoms with van der Waals surface area (Å²) in [6.45, 7) is 4.76. The smallest absolute Gasteiger partial charge is 0.323 e. The highest BCUT2D eigenvalue weighted by Crippen LogP contribution is 2.59. The zero-order valence-corrected chi connectivity index (χ0v) is 20.9. The first-order chi connectivity index (χ1) is 14.9. The summed E-state index contributed by atoms with van der Waals surface area (Å²) in [5.74, 6) is 0. The third-order valence-electron chi connectivity index (χ3n) is 5.58. The summed E-state index contributed by atoms with van der Waals surface area (Å²) in [4.78, 5) is 25.0. The Bertz CT molecular complexity index is 1300. The van der Waals surface area contributed by atoms with Gasteiger partial charge in [-0.25, -0.2) is 12.7 Å². The van der Waals surface area contributed by atoms with Crippen molar-refractivity contribution >= 4 is 57.4 Å².